The molecule has 228 valence electrons. The lowest BCUT2D eigenvalue weighted by Gasteiger charge is -2.14. The van der Waals surface area contributed by atoms with Crippen LogP contribution in [0.1, 0.15) is 0 Å². The maximum absolute atomic E-state index is 4.90. The Kier molecular flexibility index (Phi) is 5.54. The van der Waals surface area contributed by atoms with Crippen molar-refractivity contribution < 1.29 is 0 Å². The zero-order valence-electron chi connectivity index (χ0n) is 26.3. The normalized spacial score (nSPS) is 12.1. The van der Waals surface area contributed by atoms with Crippen LogP contribution in [-0.4, -0.2) is 14.1 Å². The van der Waals surface area contributed by atoms with Crippen molar-refractivity contribution in [3.63, 3.8) is 0 Å². The van der Waals surface area contributed by atoms with E-state index in [1.54, 1.807) is 11.3 Å². The standard InChI is InChI=1S/C45H27N3S/c1-2-12-31(13-3-1)47-39-18-7-4-15-34(39)36-23-24-37-35-16-5-8-19-40(35)48(44(37)43(36)47)32-14-10-11-28(26-32)29-21-22-33-30(25-29)27-46-45-42(33)38-17-6-9-20-41(38)49-45/h1-27H. The molecule has 11 aromatic rings. The molecule has 0 fully saturated rings. The minimum atomic E-state index is 1.09. The molecule has 0 radical (unpaired) electrons. The SMILES string of the molecule is c1ccc(-n2c3ccccc3c3ccc4c5ccccc5n(-c5cccc(-c6ccc7c(cnc8sc9ccccc9c87)c6)c5)c4c32)cc1. The summed E-state index contributed by atoms with van der Waals surface area (Å²) in [5.74, 6) is 0. The highest BCUT2D eigenvalue weighted by atomic mass is 32.1. The van der Waals surface area contributed by atoms with E-state index in [9.17, 15) is 0 Å². The first kappa shape index (κ1) is 26.8. The van der Waals surface area contributed by atoms with Crippen LogP contribution in [0.5, 0.6) is 0 Å². The van der Waals surface area contributed by atoms with Gasteiger partial charge in [-0.1, -0.05) is 109 Å². The highest BCUT2D eigenvalue weighted by molar-refractivity contribution is 7.25. The molecule has 0 aliphatic heterocycles. The van der Waals surface area contributed by atoms with Gasteiger partial charge in [-0.3, -0.25) is 0 Å². The summed E-state index contributed by atoms with van der Waals surface area (Å²) in [6.07, 6.45) is 2.03. The summed E-state index contributed by atoms with van der Waals surface area (Å²) in [5.41, 5.74) is 9.49. The Labute approximate surface area is 285 Å². The molecule has 0 saturated carbocycles. The third-order valence-corrected chi connectivity index (χ3v) is 11.2. The highest BCUT2D eigenvalue weighted by Crippen LogP contribution is 2.42. The lowest BCUT2D eigenvalue weighted by Crippen LogP contribution is -1.98. The van der Waals surface area contributed by atoms with E-state index in [0.29, 0.717) is 0 Å². The maximum Gasteiger partial charge on any atom is 0.125 e. The van der Waals surface area contributed by atoms with E-state index in [1.807, 2.05) is 6.20 Å². The Morgan fingerprint density at radius 1 is 0.429 bits per heavy atom. The number of para-hydroxylation sites is 3. The smallest absolute Gasteiger partial charge is 0.125 e. The number of hydrogen-bond acceptors (Lipinski definition) is 2. The zero-order chi connectivity index (χ0) is 32.1. The molecule has 7 aromatic carbocycles. The van der Waals surface area contributed by atoms with E-state index >= 15 is 0 Å². The summed E-state index contributed by atoms with van der Waals surface area (Å²) in [6.45, 7) is 0. The first-order chi connectivity index (χ1) is 24.3. The van der Waals surface area contributed by atoms with Crippen molar-refractivity contribution in [2.24, 2.45) is 0 Å². The van der Waals surface area contributed by atoms with Crippen LogP contribution in [0.15, 0.2) is 164 Å². The fraction of sp³-hybridized carbons (Fsp3) is 0. The average Bonchev–Trinajstić information content (AvgIpc) is 3.83. The summed E-state index contributed by atoms with van der Waals surface area (Å²) in [5, 5.41) is 9.94. The quantitative estimate of drug-likeness (QED) is 0.188. The van der Waals surface area contributed by atoms with Crippen molar-refractivity contribution >= 4 is 86.0 Å². The zero-order valence-corrected chi connectivity index (χ0v) is 27.2. The van der Waals surface area contributed by atoms with E-state index in [4.69, 9.17) is 4.98 Å². The molecule has 3 nitrogen and oxygen atoms in total. The van der Waals surface area contributed by atoms with Gasteiger partial charge >= 0.3 is 0 Å². The highest BCUT2D eigenvalue weighted by Gasteiger charge is 2.21. The Balaban J connectivity index is 1.18. The molecule has 0 unspecified atom stereocenters. The fourth-order valence-corrected chi connectivity index (χ4v) is 9.09. The summed E-state index contributed by atoms with van der Waals surface area (Å²) in [7, 11) is 0. The van der Waals surface area contributed by atoms with Gasteiger partial charge < -0.3 is 9.13 Å². The predicted octanol–water partition coefficient (Wildman–Crippen LogP) is 12.5. The summed E-state index contributed by atoms with van der Waals surface area (Å²) >= 11 is 1.76. The van der Waals surface area contributed by atoms with Crippen LogP contribution >= 0.6 is 11.3 Å². The van der Waals surface area contributed by atoms with Gasteiger partial charge in [-0.05, 0) is 65.0 Å². The fourth-order valence-electron chi connectivity index (χ4n) is 8.03. The van der Waals surface area contributed by atoms with Crippen molar-refractivity contribution in [2.75, 3.05) is 0 Å². The van der Waals surface area contributed by atoms with Gasteiger partial charge in [0.15, 0.2) is 0 Å². The average molecular weight is 642 g/mol. The van der Waals surface area contributed by atoms with E-state index in [-0.39, 0.29) is 0 Å². The van der Waals surface area contributed by atoms with Crippen LogP contribution in [0.3, 0.4) is 0 Å². The third-order valence-electron chi connectivity index (χ3n) is 10.1. The van der Waals surface area contributed by atoms with Gasteiger partial charge in [0, 0.05) is 60.0 Å². The number of fused-ring (bicyclic) bond motifs is 12. The molecular weight excluding hydrogens is 615 g/mol. The molecule has 0 aliphatic carbocycles. The lowest BCUT2D eigenvalue weighted by atomic mass is 10.00. The van der Waals surface area contributed by atoms with Gasteiger partial charge in [0.2, 0.25) is 0 Å². The van der Waals surface area contributed by atoms with Crippen molar-refractivity contribution in [3.8, 4) is 22.5 Å². The number of pyridine rings is 1. The number of rotatable bonds is 3. The van der Waals surface area contributed by atoms with Crippen LogP contribution in [0.25, 0.3) is 97.2 Å². The number of aromatic nitrogens is 3. The minimum absolute atomic E-state index is 1.09. The second kappa shape index (κ2) is 10.1. The van der Waals surface area contributed by atoms with Crippen LogP contribution in [0.4, 0.5) is 0 Å². The Morgan fingerprint density at radius 3 is 1.78 bits per heavy atom. The van der Waals surface area contributed by atoms with Crippen molar-refractivity contribution in [2.45, 2.75) is 0 Å². The predicted molar refractivity (Wildman–Crippen MR) is 209 cm³/mol. The summed E-state index contributed by atoms with van der Waals surface area (Å²) in [4.78, 5) is 5.99. The number of hydrogen-bond donors (Lipinski definition) is 0. The molecule has 0 aliphatic rings. The number of nitrogens with zero attached hydrogens (tertiary/aromatic N) is 3. The van der Waals surface area contributed by atoms with Crippen LogP contribution in [0.2, 0.25) is 0 Å². The van der Waals surface area contributed by atoms with Crippen LogP contribution in [0, 0.1) is 0 Å². The molecule has 49 heavy (non-hydrogen) atoms. The Morgan fingerprint density at radius 2 is 1.02 bits per heavy atom. The van der Waals surface area contributed by atoms with E-state index < -0.39 is 0 Å². The Hall–Kier alpha value is -6.23. The van der Waals surface area contributed by atoms with Crippen LogP contribution in [-0.2, 0) is 0 Å². The second-order valence-electron chi connectivity index (χ2n) is 12.8. The molecule has 0 N–H and O–H groups in total. The summed E-state index contributed by atoms with van der Waals surface area (Å²) < 4.78 is 6.19. The summed E-state index contributed by atoms with van der Waals surface area (Å²) in [6, 6.07) is 57.4. The first-order valence-corrected chi connectivity index (χ1v) is 17.4. The molecule has 11 rings (SSSR count). The topological polar surface area (TPSA) is 22.8 Å². The Bertz CT molecular complexity index is 3110. The first-order valence-electron chi connectivity index (χ1n) is 16.6. The number of thiophene rings is 1. The maximum atomic E-state index is 4.90. The molecule has 0 amide bonds. The molecule has 0 bridgehead atoms. The van der Waals surface area contributed by atoms with Gasteiger partial charge in [-0.15, -0.1) is 11.3 Å². The van der Waals surface area contributed by atoms with Crippen molar-refractivity contribution in [3.05, 3.63) is 164 Å². The van der Waals surface area contributed by atoms with Crippen LogP contribution < -0.4 is 0 Å². The lowest BCUT2D eigenvalue weighted by molar-refractivity contribution is 1.15. The monoisotopic (exact) mass is 641 g/mol. The molecule has 0 atom stereocenters. The van der Waals surface area contributed by atoms with Gasteiger partial charge in [-0.25, -0.2) is 4.98 Å². The van der Waals surface area contributed by atoms with Gasteiger partial charge in [0.25, 0.3) is 0 Å². The van der Waals surface area contributed by atoms with Gasteiger partial charge in [-0.2, -0.15) is 0 Å². The number of benzene rings is 7. The van der Waals surface area contributed by atoms with Gasteiger partial charge in [0.1, 0.15) is 4.83 Å². The molecule has 4 aromatic heterocycles. The molecule has 0 saturated heterocycles. The molecule has 4 heterocycles. The third kappa shape index (κ3) is 3.80. The largest absolute Gasteiger partial charge is 0.307 e. The van der Waals surface area contributed by atoms with E-state index in [0.717, 1.165) is 21.6 Å². The minimum Gasteiger partial charge on any atom is -0.307 e. The molecule has 0 spiro atoms. The van der Waals surface area contributed by atoms with Crippen molar-refractivity contribution in [1.82, 2.24) is 14.1 Å². The van der Waals surface area contributed by atoms with E-state index in [1.165, 1.54) is 75.6 Å². The van der Waals surface area contributed by atoms with Gasteiger partial charge in [0.05, 0.1) is 22.1 Å². The van der Waals surface area contributed by atoms with E-state index in [2.05, 4.69) is 167 Å². The molecule has 4 heteroatoms. The second-order valence-corrected chi connectivity index (χ2v) is 13.8. The molecular formula is C45H27N3S. The van der Waals surface area contributed by atoms with Crippen molar-refractivity contribution in [1.29, 1.82) is 0 Å².